The molecule has 1 aliphatic rings. The summed E-state index contributed by atoms with van der Waals surface area (Å²) >= 11 is 0. The summed E-state index contributed by atoms with van der Waals surface area (Å²) in [7, 11) is 3.21. The van der Waals surface area contributed by atoms with Crippen molar-refractivity contribution >= 4 is 17.5 Å². The minimum absolute atomic E-state index is 0.0770. The number of hydrogen-bond donors (Lipinski definition) is 1. The number of oxime groups is 1. The van der Waals surface area contributed by atoms with Crippen LogP contribution in [0.5, 0.6) is 0 Å². The summed E-state index contributed by atoms with van der Waals surface area (Å²) in [4.78, 5) is 32.2. The summed E-state index contributed by atoms with van der Waals surface area (Å²) in [6.45, 7) is 5.75. The molecule has 0 aromatic rings. The van der Waals surface area contributed by atoms with Crippen LogP contribution in [0.4, 0.5) is 4.79 Å². The Balaban J connectivity index is 3.19. The van der Waals surface area contributed by atoms with Gasteiger partial charge in [0.25, 0.3) is 0 Å². The molecule has 22 heavy (non-hydrogen) atoms. The molecule has 0 aromatic carbocycles. The number of carbonyl (C=O) groups is 2. The van der Waals surface area contributed by atoms with Gasteiger partial charge in [0.2, 0.25) is 0 Å². The zero-order valence-corrected chi connectivity index (χ0v) is 13.9. The maximum Gasteiger partial charge on any atom is 0.320 e. The SMILES string of the molecule is CCCC(=NOCC)C1=C(O)C(C)N(C(=O)N(C)C)CC1=O. The number of rotatable bonds is 5. The number of amides is 2. The van der Waals surface area contributed by atoms with E-state index in [9.17, 15) is 14.7 Å². The van der Waals surface area contributed by atoms with Crippen molar-refractivity contribution < 1.29 is 19.5 Å². The molecule has 1 aliphatic heterocycles. The van der Waals surface area contributed by atoms with E-state index in [0.717, 1.165) is 6.42 Å². The third kappa shape index (κ3) is 3.78. The van der Waals surface area contributed by atoms with E-state index in [4.69, 9.17) is 4.84 Å². The number of aliphatic hydroxyl groups excluding tert-OH is 1. The fraction of sp³-hybridized carbons (Fsp3) is 0.667. The van der Waals surface area contributed by atoms with Gasteiger partial charge in [0, 0.05) is 14.1 Å². The lowest BCUT2D eigenvalue weighted by molar-refractivity contribution is -0.117. The van der Waals surface area contributed by atoms with Crippen molar-refractivity contribution in [2.45, 2.75) is 39.7 Å². The molecule has 0 fully saturated rings. The van der Waals surface area contributed by atoms with Gasteiger partial charge in [-0.15, -0.1) is 0 Å². The molecule has 1 N–H and O–H groups in total. The standard InChI is InChI=1S/C15H25N3O4/c1-6-8-11(16-22-7-2)13-12(19)9-18(10(3)14(13)20)15(21)17(4)5/h10,20H,6-9H2,1-5H3. The monoisotopic (exact) mass is 311 g/mol. The minimum Gasteiger partial charge on any atom is -0.509 e. The molecule has 2 amide bonds. The summed E-state index contributed by atoms with van der Waals surface area (Å²) in [6.07, 6.45) is 1.30. The zero-order valence-electron chi connectivity index (χ0n) is 13.9. The lowest BCUT2D eigenvalue weighted by Gasteiger charge is -2.35. The highest BCUT2D eigenvalue weighted by molar-refractivity contribution is 6.24. The molecule has 0 spiro atoms. The second-order valence-electron chi connectivity index (χ2n) is 5.37. The van der Waals surface area contributed by atoms with Crippen molar-refractivity contribution in [2.24, 2.45) is 5.16 Å². The first-order valence-electron chi connectivity index (χ1n) is 7.48. The molecule has 7 heteroatoms. The van der Waals surface area contributed by atoms with Crippen LogP contribution in [0.2, 0.25) is 0 Å². The van der Waals surface area contributed by atoms with E-state index in [1.807, 2.05) is 6.92 Å². The Kier molecular flexibility index (Phi) is 6.39. The van der Waals surface area contributed by atoms with Crippen molar-refractivity contribution in [3.8, 4) is 0 Å². The maximum atomic E-state index is 12.4. The van der Waals surface area contributed by atoms with Crippen molar-refractivity contribution in [1.82, 2.24) is 9.80 Å². The van der Waals surface area contributed by atoms with Crippen LogP contribution in [0, 0.1) is 0 Å². The van der Waals surface area contributed by atoms with Gasteiger partial charge in [-0.3, -0.25) is 4.79 Å². The highest BCUT2D eigenvalue weighted by atomic mass is 16.6. The predicted molar refractivity (Wildman–Crippen MR) is 83.9 cm³/mol. The van der Waals surface area contributed by atoms with Crippen molar-refractivity contribution in [2.75, 3.05) is 27.2 Å². The Morgan fingerprint density at radius 1 is 1.45 bits per heavy atom. The summed E-state index contributed by atoms with van der Waals surface area (Å²) < 4.78 is 0. The van der Waals surface area contributed by atoms with Crippen LogP contribution in [-0.4, -0.2) is 65.7 Å². The summed E-state index contributed by atoms with van der Waals surface area (Å²) in [5.41, 5.74) is 0.626. The highest BCUT2D eigenvalue weighted by Crippen LogP contribution is 2.23. The van der Waals surface area contributed by atoms with Gasteiger partial charge in [0.1, 0.15) is 12.4 Å². The van der Waals surface area contributed by atoms with Crippen LogP contribution < -0.4 is 0 Å². The number of Topliss-reactive ketones (excluding diaryl/α,β-unsaturated/α-hetero) is 1. The molecule has 0 aliphatic carbocycles. The number of hydrogen-bond acceptors (Lipinski definition) is 5. The van der Waals surface area contributed by atoms with E-state index in [2.05, 4.69) is 5.16 Å². The summed E-state index contributed by atoms with van der Waals surface area (Å²) in [6, 6.07) is -0.892. The van der Waals surface area contributed by atoms with Gasteiger partial charge in [0.15, 0.2) is 5.78 Å². The lowest BCUT2D eigenvalue weighted by atomic mass is 9.94. The van der Waals surface area contributed by atoms with Crippen LogP contribution in [0.1, 0.15) is 33.6 Å². The van der Waals surface area contributed by atoms with Crippen LogP contribution in [0.25, 0.3) is 0 Å². The van der Waals surface area contributed by atoms with Crippen LogP contribution in [-0.2, 0) is 9.63 Å². The smallest absolute Gasteiger partial charge is 0.320 e. The van der Waals surface area contributed by atoms with Gasteiger partial charge < -0.3 is 19.7 Å². The van der Waals surface area contributed by atoms with E-state index < -0.39 is 6.04 Å². The predicted octanol–water partition coefficient (Wildman–Crippen LogP) is 1.95. The van der Waals surface area contributed by atoms with E-state index in [1.165, 1.54) is 9.80 Å². The first kappa shape index (κ1) is 18.0. The molecular weight excluding hydrogens is 286 g/mol. The molecule has 0 saturated heterocycles. The number of ketones is 1. The maximum absolute atomic E-state index is 12.4. The molecule has 1 rings (SSSR count). The number of carbonyl (C=O) groups excluding carboxylic acids is 2. The van der Waals surface area contributed by atoms with Crippen molar-refractivity contribution in [3.05, 3.63) is 11.3 Å². The van der Waals surface area contributed by atoms with Crippen molar-refractivity contribution in [3.63, 3.8) is 0 Å². The number of nitrogens with zero attached hydrogens (tertiary/aromatic N) is 3. The Morgan fingerprint density at radius 3 is 2.59 bits per heavy atom. The molecule has 0 saturated carbocycles. The molecule has 7 nitrogen and oxygen atoms in total. The Hall–Kier alpha value is -2.05. The average molecular weight is 311 g/mol. The van der Waals surface area contributed by atoms with E-state index in [1.54, 1.807) is 27.9 Å². The summed E-state index contributed by atoms with van der Waals surface area (Å²) in [5, 5.41) is 14.4. The first-order valence-corrected chi connectivity index (χ1v) is 7.48. The van der Waals surface area contributed by atoms with Gasteiger partial charge in [-0.1, -0.05) is 18.5 Å². The van der Waals surface area contributed by atoms with Crippen molar-refractivity contribution in [1.29, 1.82) is 0 Å². The largest absolute Gasteiger partial charge is 0.509 e. The quantitative estimate of drug-likeness (QED) is 0.621. The van der Waals surface area contributed by atoms with Gasteiger partial charge in [-0.25, -0.2) is 4.79 Å². The highest BCUT2D eigenvalue weighted by Gasteiger charge is 2.37. The van der Waals surface area contributed by atoms with E-state index in [-0.39, 0.29) is 29.7 Å². The Labute approximate surface area is 131 Å². The zero-order chi connectivity index (χ0) is 16.9. The fourth-order valence-corrected chi connectivity index (χ4v) is 2.26. The molecule has 0 bridgehead atoms. The van der Waals surface area contributed by atoms with Gasteiger partial charge in [-0.05, 0) is 20.3 Å². The average Bonchev–Trinajstić information content (AvgIpc) is 2.47. The Bertz CT molecular complexity index is 497. The minimum atomic E-state index is -0.578. The molecule has 124 valence electrons. The normalized spacial score (nSPS) is 19.5. The topological polar surface area (TPSA) is 82.4 Å². The van der Waals surface area contributed by atoms with Crippen LogP contribution in [0.15, 0.2) is 16.5 Å². The van der Waals surface area contributed by atoms with Gasteiger partial charge >= 0.3 is 6.03 Å². The van der Waals surface area contributed by atoms with E-state index >= 15 is 0 Å². The number of urea groups is 1. The lowest BCUT2D eigenvalue weighted by Crippen LogP contribution is -2.51. The van der Waals surface area contributed by atoms with Gasteiger partial charge in [0.05, 0.1) is 23.9 Å². The second kappa shape index (κ2) is 7.82. The third-order valence-corrected chi connectivity index (χ3v) is 3.42. The second-order valence-corrected chi connectivity index (χ2v) is 5.37. The molecule has 0 radical (unpaired) electrons. The van der Waals surface area contributed by atoms with Gasteiger partial charge in [-0.2, -0.15) is 0 Å². The van der Waals surface area contributed by atoms with E-state index in [0.29, 0.717) is 18.7 Å². The summed E-state index contributed by atoms with van der Waals surface area (Å²) in [5.74, 6) is -0.448. The molecule has 0 aromatic heterocycles. The first-order chi connectivity index (χ1) is 10.3. The molecular formula is C15H25N3O4. The molecule has 1 atom stereocenters. The molecule has 1 unspecified atom stereocenters. The Morgan fingerprint density at radius 2 is 2.09 bits per heavy atom. The number of aliphatic hydroxyl groups is 1. The molecule has 1 heterocycles. The fourth-order valence-electron chi connectivity index (χ4n) is 2.26. The third-order valence-electron chi connectivity index (χ3n) is 3.42. The van der Waals surface area contributed by atoms with Crippen LogP contribution >= 0.6 is 0 Å². The van der Waals surface area contributed by atoms with Crippen LogP contribution in [0.3, 0.4) is 0 Å².